The van der Waals surface area contributed by atoms with Crippen LogP contribution in [0.4, 0.5) is 0 Å². The Kier molecular flexibility index (Phi) is 11.2. The highest BCUT2D eigenvalue weighted by Crippen LogP contribution is 2.18. The average molecular weight is 448 g/mol. The standard InChI is InChI=1S/C18H32N4O.HI/c1-3-16-8-5-6-13-22(16)14-12-21-18(19-4-2)20-11-10-17-9-7-15-23-17;/h7,9,15-16H,3-6,8,10-14H2,1-2H3,(H2,19,20,21);1H. The molecule has 1 aromatic heterocycles. The lowest BCUT2D eigenvalue weighted by Crippen LogP contribution is -2.42. The molecule has 1 aromatic rings. The summed E-state index contributed by atoms with van der Waals surface area (Å²) < 4.78 is 5.35. The number of piperidine rings is 1. The van der Waals surface area contributed by atoms with E-state index < -0.39 is 0 Å². The largest absolute Gasteiger partial charge is 0.469 e. The van der Waals surface area contributed by atoms with Crippen LogP contribution in [0.25, 0.3) is 0 Å². The van der Waals surface area contributed by atoms with Crippen molar-refractivity contribution in [2.45, 2.75) is 52.0 Å². The van der Waals surface area contributed by atoms with E-state index in [1.54, 1.807) is 6.26 Å². The first kappa shape index (κ1) is 21.3. The lowest BCUT2D eigenvalue weighted by molar-refractivity contribution is 0.148. The molecular weight excluding hydrogens is 415 g/mol. The van der Waals surface area contributed by atoms with Gasteiger partial charge in [0.25, 0.3) is 0 Å². The van der Waals surface area contributed by atoms with Gasteiger partial charge in [-0.25, -0.2) is 0 Å². The molecule has 0 radical (unpaired) electrons. The van der Waals surface area contributed by atoms with Gasteiger partial charge in [-0.3, -0.25) is 9.89 Å². The SMILES string of the molecule is CCNC(=NCCN1CCCCC1CC)NCCc1ccco1.I. The van der Waals surface area contributed by atoms with Crippen LogP contribution < -0.4 is 10.6 Å². The third-order valence-corrected chi connectivity index (χ3v) is 4.47. The summed E-state index contributed by atoms with van der Waals surface area (Å²) in [6.07, 6.45) is 7.92. The molecule has 0 bridgehead atoms. The zero-order valence-electron chi connectivity index (χ0n) is 15.1. The van der Waals surface area contributed by atoms with Crippen molar-refractivity contribution in [3.8, 4) is 0 Å². The Hall–Kier alpha value is -0.760. The summed E-state index contributed by atoms with van der Waals surface area (Å²) in [6, 6.07) is 4.69. The van der Waals surface area contributed by atoms with Crippen molar-refractivity contribution in [1.29, 1.82) is 0 Å². The number of hydrogen-bond acceptors (Lipinski definition) is 3. The summed E-state index contributed by atoms with van der Waals surface area (Å²) >= 11 is 0. The predicted molar refractivity (Wildman–Crippen MR) is 111 cm³/mol. The van der Waals surface area contributed by atoms with E-state index in [1.807, 2.05) is 12.1 Å². The normalized spacial score (nSPS) is 18.9. The van der Waals surface area contributed by atoms with Gasteiger partial charge in [-0.15, -0.1) is 24.0 Å². The second-order valence-corrected chi connectivity index (χ2v) is 6.11. The van der Waals surface area contributed by atoms with Gasteiger partial charge < -0.3 is 15.1 Å². The molecule has 1 atom stereocenters. The van der Waals surface area contributed by atoms with Crippen LogP contribution in [0, 0.1) is 0 Å². The van der Waals surface area contributed by atoms with Crippen molar-refractivity contribution in [2.75, 3.05) is 32.7 Å². The van der Waals surface area contributed by atoms with E-state index in [4.69, 9.17) is 9.41 Å². The summed E-state index contributed by atoms with van der Waals surface area (Å²) in [4.78, 5) is 7.33. The molecule has 2 heterocycles. The molecule has 0 spiro atoms. The van der Waals surface area contributed by atoms with Crippen LogP contribution in [-0.2, 0) is 6.42 Å². The molecule has 1 fully saturated rings. The van der Waals surface area contributed by atoms with Gasteiger partial charge >= 0.3 is 0 Å². The van der Waals surface area contributed by atoms with Gasteiger partial charge in [-0.05, 0) is 44.9 Å². The molecule has 0 amide bonds. The van der Waals surface area contributed by atoms with Gasteiger partial charge in [-0.2, -0.15) is 0 Å². The summed E-state index contributed by atoms with van der Waals surface area (Å²) in [7, 11) is 0. The van der Waals surface area contributed by atoms with Crippen LogP contribution in [0.3, 0.4) is 0 Å². The lowest BCUT2D eigenvalue weighted by Gasteiger charge is -2.34. The zero-order chi connectivity index (χ0) is 16.3. The van der Waals surface area contributed by atoms with E-state index in [2.05, 4.69) is 29.4 Å². The molecular formula is C18H33IN4O. The number of furan rings is 1. The maximum absolute atomic E-state index is 5.35. The lowest BCUT2D eigenvalue weighted by atomic mass is 10.0. The van der Waals surface area contributed by atoms with Crippen LogP contribution in [-0.4, -0.2) is 49.6 Å². The third-order valence-electron chi connectivity index (χ3n) is 4.47. The molecule has 138 valence electrons. The molecule has 1 aliphatic rings. The van der Waals surface area contributed by atoms with E-state index in [0.29, 0.717) is 0 Å². The molecule has 0 aliphatic carbocycles. The number of rotatable bonds is 8. The minimum Gasteiger partial charge on any atom is -0.469 e. The van der Waals surface area contributed by atoms with Crippen LogP contribution >= 0.6 is 24.0 Å². The van der Waals surface area contributed by atoms with E-state index in [9.17, 15) is 0 Å². The smallest absolute Gasteiger partial charge is 0.191 e. The van der Waals surface area contributed by atoms with Crippen molar-refractivity contribution in [3.05, 3.63) is 24.2 Å². The number of guanidine groups is 1. The zero-order valence-corrected chi connectivity index (χ0v) is 17.4. The van der Waals surface area contributed by atoms with Crippen LogP contribution in [0.1, 0.15) is 45.3 Å². The van der Waals surface area contributed by atoms with Gasteiger partial charge in [0, 0.05) is 32.1 Å². The predicted octanol–water partition coefficient (Wildman–Crippen LogP) is 3.26. The van der Waals surface area contributed by atoms with E-state index in [-0.39, 0.29) is 24.0 Å². The highest BCUT2D eigenvalue weighted by Gasteiger charge is 2.19. The van der Waals surface area contributed by atoms with Gasteiger partial charge in [0.05, 0.1) is 12.8 Å². The summed E-state index contributed by atoms with van der Waals surface area (Å²) in [5.41, 5.74) is 0. The summed E-state index contributed by atoms with van der Waals surface area (Å²) in [5.74, 6) is 1.91. The van der Waals surface area contributed by atoms with Crippen molar-refractivity contribution in [1.82, 2.24) is 15.5 Å². The minimum absolute atomic E-state index is 0. The van der Waals surface area contributed by atoms with Crippen molar-refractivity contribution >= 4 is 29.9 Å². The Labute approximate surface area is 163 Å². The highest BCUT2D eigenvalue weighted by molar-refractivity contribution is 14.0. The van der Waals surface area contributed by atoms with E-state index in [0.717, 1.165) is 50.4 Å². The number of nitrogens with one attached hydrogen (secondary N) is 2. The molecule has 6 heteroatoms. The van der Waals surface area contributed by atoms with Crippen molar-refractivity contribution < 1.29 is 4.42 Å². The Bertz CT molecular complexity index is 450. The minimum atomic E-state index is 0. The Balaban J connectivity index is 0.00000288. The maximum Gasteiger partial charge on any atom is 0.191 e. The fraction of sp³-hybridized carbons (Fsp3) is 0.722. The molecule has 1 unspecified atom stereocenters. The molecule has 0 aromatic carbocycles. The number of likely N-dealkylation sites (tertiary alicyclic amines) is 1. The molecule has 24 heavy (non-hydrogen) atoms. The molecule has 2 N–H and O–H groups in total. The van der Waals surface area contributed by atoms with E-state index >= 15 is 0 Å². The second kappa shape index (κ2) is 12.6. The van der Waals surface area contributed by atoms with E-state index in [1.165, 1.54) is 32.2 Å². The number of aliphatic imine (C=N–C) groups is 1. The Morgan fingerprint density at radius 1 is 1.33 bits per heavy atom. The van der Waals surface area contributed by atoms with Gasteiger partial charge in [-0.1, -0.05) is 13.3 Å². The Morgan fingerprint density at radius 2 is 2.21 bits per heavy atom. The average Bonchev–Trinajstić information content (AvgIpc) is 3.08. The first-order valence-corrected chi connectivity index (χ1v) is 9.12. The van der Waals surface area contributed by atoms with Crippen molar-refractivity contribution in [2.24, 2.45) is 4.99 Å². The summed E-state index contributed by atoms with van der Waals surface area (Å²) in [5, 5.41) is 6.70. The Morgan fingerprint density at radius 3 is 2.92 bits per heavy atom. The first-order chi connectivity index (χ1) is 11.3. The second-order valence-electron chi connectivity index (χ2n) is 6.11. The van der Waals surface area contributed by atoms with Crippen LogP contribution in [0.5, 0.6) is 0 Å². The topological polar surface area (TPSA) is 52.8 Å². The quantitative estimate of drug-likeness (QED) is 0.364. The highest BCUT2D eigenvalue weighted by atomic mass is 127. The molecule has 2 rings (SSSR count). The molecule has 1 saturated heterocycles. The fourth-order valence-corrected chi connectivity index (χ4v) is 3.21. The summed E-state index contributed by atoms with van der Waals surface area (Å²) in [6.45, 7) is 9.26. The number of halogens is 1. The number of hydrogen-bond donors (Lipinski definition) is 2. The van der Waals surface area contributed by atoms with Crippen LogP contribution in [0.2, 0.25) is 0 Å². The third kappa shape index (κ3) is 7.42. The molecule has 5 nitrogen and oxygen atoms in total. The maximum atomic E-state index is 5.35. The monoisotopic (exact) mass is 448 g/mol. The fourth-order valence-electron chi connectivity index (χ4n) is 3.21. The number of nitrogens with zero attached hydrogens (tertiary/aromatic N) is 2. The van der Waals surface area contributed by atoms with Crippen molar-refractivity contribution in [3.63, 3.8) is 0 Å². The van der Waals surface area contributed by atoms with Crippen LogP contribution in [0.15, 0.2) is 27.8 Å². The van der Waals surface area contributed by atoms with Gasteiger partial charge in [0.15, 0.2) is 5.96 Å². The molecule has 1 aliphatic heterocycles. The molecule has 0 saturated carbocycles. The van der Waals surface area contributed by atoms with Gasteiger partial charge in [0.1, 0.15) is 5.76 Å². The van der Waals surface area contributed by atoms with Gasteiger partial charge in [0.2, 0.25) is 0 Å². The first-order valence-electron chi connectivity index (χ1n) is 9.12.